The van der Waals surface area contributed by atoms with Gasteiger partial charge in [-0.1, -0.05) is 23.2 Å². The van der Waals surface area contributed by atoms with Crippen molar-refractivity contribution in [1.29, 1.82) is 0 Å². The molecule has 0 aromatic carbocycles. The van der Waals surface area contributed by atoms with E-state index in [1.807, 2.05) is 0 Å². The summed E-state index contributed by atoms with van der Waals surface area (Å²) in [4.78, 5) is 4.11. The van der Waals surface area contributed by atoms with Crippen molar-refractivity contribution in [2.75, 3.05) is 18.4 Å². The van der Waals surface area contributed by atoms with Crippen molar-refractivity contribution >= 4 is 39.2 Å². The first-order chi connectivity index (χ1) is 8.86. The molecule has 2 heterocycles. The summed E-state index contributed by atoms with van der Waals surface area (Å²) in [5, 5.41) is 9.18. The van der Waals surface area contributed by atoms with E-state index >= 15 is 0 Å². The molecule has 0 atom stereocenters. The zero-order valence-electron chi connectivity index (χ0n) is 10.0. The summed E-state index contributed by atoms with van der Waals surface area (Å²) in [5.74, 6) is 0.556. The number of hydrogen-bond acceptors (Lipinski definition) is 4. The summed E-state index contributed by atoms with van der Waals surface area (Å²) in [6.45, 7) is 0.781. The molecular weight excluding hydrogens is 311 g/mol. The molecule has 1 aliphatic heterocycles. The quantitative estimate of drug-likeness (QED) is 0.881. The number of rotatable bonds is 3. The van der Waals surface area contributed by atoms with Gasteiger partial charge in [-0.05, 0) is 18.9 Å². The highest BCUT2D eigenvalue weighted by Crippen LogP contribution is 2.25. The molecule has 106 valence electrons. The van der Waals surface area contributed by atoms with Crippen LogP contribution in [0.5, 0.6) is 0 Å². The van der Waals surface area contributed by atoms with E-state index in [1.165, 1.54) is 10.5 Å². The third-order valence-corrected chi connectivity index (χ3v) is 4.54. The molecule has 6 nitrogen and oxygen atoms in total. The zero-order chi connectivity index (χ0) is 14.0. The first-order valence-corrected chi connectivity index (χ1v) is 7.97. The fourth-order valence-electron chi connectivity index (χ4n) is 1.97. The molecule has 0 saturated carbocycles. The van der Waals surface area contributed by atoms with Gasteiger partial charge in [-0.25, -0.2) is 10.1 Å². The van der Waals surface area contributed by atoms with Gasteiger partial charge in [0.2, 0.25) is 0 Å². The van der Waals surface area contributed by atoms with Crippen molar-refractivity contribution in [3.63, 3.8) is 0 Å². The average Bonchev–Trinajstić information content (AvgIpc) is 2.32. The molecule has 0 spiro atoms. The number of halogens is 2. The Balaban J connectivity index is 1.96. The van der Waals surface area contributed by atoms with E-state index < -0.39 is 10.2 Å². The van der Waals surface area contributed by atoms with Crippen LogP contribution in [0.2, 0.25) is 10.0 Å². The summed E-state index contributed by atoms with van der Waals surface area (Å²) < 4.78 is 23.6. The maximum absolute atomic E-state index is 11.2. The fourth-order valence-corrected chi connectivity index (χ4v) is 3.12. The number of nitrogens with two attached hydrogens (primary N) is 1. The molecular formula is C10H14Cl2N4O2S. The van der Waals surface area contributed by atoms with Crippen LogP contribution in [-0.4, -0.2) is 36.8 Å². The normalized spacial score (nSPS) is 18.5. The summed E-state index contributed by atoms with van der Waals surface area (Å²) in [6, 6.07) is 1.72. The van der Waals surface area contributed by atoms with Gasteiger partial charge in [-0.15, -0.1) is 0 Å². The average molecular weight is 325 g/mol. The lowest BCUT2D eigenvalue weighted by Crippen LogP contribution is -2.45. The molecule has 9 heteroatoms. The number of piperidine rings is 1. The van der Waals surface area contributed by atoms with Gasteiger partial charge in [-0.2, -0.15) is 12.7 Å². The van der Waals surface area contributed by atoms with Crippen molar-refractivity contribution in [3.05, 3.63) is 22.3 Å². The minimum Gasteiger partial charge on any atom is -0.366 e. The van der Waals surface area contributed by atoms with Gasteiger partial charge in [0.15, 0.2) is 0 Å². The van der Waals surface area contributed by atoms with Crippen LogP contribution in [0.4, 0.5) is 5.82 Å². The van der Waals surface area contributed by atoms with Crippen LogP contribution in [0.25, 0.3) is 0 Å². The van der Waals surface area contributed by atoms with E-state index in [-0.39, 0.29) is 6.04 Å². The van der Waals surface area contributed by atoms with Gasteiger partial charge in [0.25, 0.3) is 10.2 Å². The van der Waals surface area contributed by atoms with Gasteiger partial charge in [0.05, 0.1) is 10.0 Å². The Morgan fingerprint density at radius 2 is 2.00 bits per heavy atom. The topological polar surface area (TPSA) is 88.3 Å². The lowest BCUT2D eigenvalue weighted by atomic mass is 10.1. The Morgan fingerprint density at radius 1 is 1.37 bits per heavy atom. The van der Waals surface area contributed by atoms with E-state index in [9.17, 15) is 8.42 Å². The summed E-state index contributed by atoms with van der Waals surface area (Å²) in [5.41, 5.74) is 0. The van der Waals surface area contributed by atoms with E-state index in [0.717, 1.165) is 0 Å². The van der Waals surface area contributed by atoms with Crippen molar-refractivity contribution in [2.24, 2.45) is 5.14 Å². The predicted octanol–water partition coefficient (Wildman–Crippen LogP) is 1.47. The number of nitrogens with zero attached hydrogens (tertiary/aromatic N) is 2. The molecule has 1 aliphatic rings. The van der Waals surface area contributed by atoms with E-state index in [4.69, 9.17) is 28.3 Å². The maximum Gasteiger partial charge on any atom is 0.276 e. The van der Waals surface area contributed by atoms with Gasteiger partial charge in [-0.3, -0.25) is 0 Å². The molecule has 0 bridgehead atoms. The fraction of sp³-hybridized carbons (Fsp3) is 0.500. The number of hydrogen-bond donors (Lipinski definition) is 2. The molecule has 1 fully saturated rings. The van der Waals surface area contributed by atoms with E-state index in [0.29, 0.717) is 41.8 Å². The van der Waals surface area contributed by atoms with Crippen molar-refractivity contribution in [1.82, 2.24) is 9.29 Å². The van der Waals surface area contributed by atoms with Crippen molar-refractivity contribution in [3.8, 4) is 0 Å². The van der Waals surface area contributed by atoms with Crippen LogP contribution in [0.3, 0.4) is 0 Å². The van der Waals surface area contributed by atoms with Crippen LogP contribution in [0, 0.1) is 0 Å². The third-order valence-electron chi connectivity index (χ3n) is 2.96. The molecule has 1 aromatic rings. The van der Waals surface area contributed by atoms with Gasteiger partial charge < -0.3 is 5.32 Å². The number of aromatic nitrogens is 1. The van der Waals surface area contributed by atoms with Crippen LogP contribution >= 0.6 is 23.2 Å². The molecule has 19 heavy (non-hydrogen) atoms. The van der Waals surface area contributed by atoms with Gasteiger partial charge >= 0.3 is 0 Å². The first-order valence-electron chi connectivity index (χ1n) is 5.72. The lowest BCUT2D eigenvalue weighted by Gasteiger charge is -2.30. The highest BCUT2D eigenvalue weighted by molar-refractivity contribution is 7.86. The molecule has 3 N–H and O–H groups in total. The minimum absolute atomic E-state index is 0.115. The van der Waals surface area contributed by atoms with Crippen molar-refractivity contribution < 1.29 is 8.42 Å². The van der Waals surface area contributed by atoms with Gasteiger partial charge in [0.1, 0.15) is 5.82 Å². The molecule has 0 radical (unpaired) electrons. The van der Waals surface area contributed by atoms with Crippen molar-refractivity contribution in [2.45, 2.75) is 18.9 Å². The largest absolute Gasteiger partial charge is 0.366 e. The Labute approximate surface area is 122 Å². The van der Waals surface area contributed by atoms with Crippen LogP contribution < -0.4 is 10.5 Å². The molecule has 1 saturated heterocycles. The Bertz CT molecular complexity index is 559. The summed E-state index contributed by atoms with van der Waals surface area (Å²) >= 11 is 11.8. The van der Waals surface area contributed by atoms with Crippen LogP contribution in [-0.2, 0) is 10.2 Å². The summed E-state index contributed by atoms with van der Waals surface area (Å²) in [7, 11) is -3.59. The molecule has 1 aromatic heterocycles. The second-order valence-corrected chi connectivity index (χ2v) is 6.74. The van der Waals surface area contributed by atoms with Gasteiger partial charge in [0, 0.05) is 25.3 Å². The zero-order valence-corrected chi connectivity index (χ0v) is 12.3. The predicted molar refractivity (Wildman–Crippen MR) is 75.6 cm³/mol. The summed E-state index contributed by atoms with van der Waals surface area (Å²) in [6.07, 6.45) is 2.81. The van der Waals surface area contributed by atoms with Crippen LogP contribution in [0.15, 0.2) is 12.3 Å². The molecule has 2 rings (SSSR count). The second-order valence-electron chi connectivity index (χ2n) is 4.35. The maximum atomic E-state index is 11.2. The van der Waals surface area contributed by atoms with Crippen LogP contribution in [0.1, 0.15) is 12.8 Å². The molecule has 0 unspecified atom stereocenters. The van der Waals surface area contributed by atoms with E-state index in [2.05, 4.69) is 10.3 Å². The van der Waals surface area contributed by atoms with E-state index in [1.54, 1.807) is 6.07 Å². The Kier molecular flexibility index (Phi) is 4.52. The second kappa shape index (κ2) is 5.80. The standard InChI is InChI=1S/C10H14Cl2N4O2S/c11-7-5-9(12)10(14-6-7)15-8-1-3-16(4-2-8)19(13,17)18/h5-6,8H,1-4H2,(H,14,15)(H2,13,17,18). The minimum atomic E-state index is -3.59. The first kappa shape index (κ1) is 14.8. The Hall–Kier alpha value is -0.600. The lowest BCUT2D eigenvalue weighted by molar-refractivity contribution is 0.330. The molecule has 0 aliphatic carbocycles. The number of anilines is 1. The third kappa shape index (κ3) is 3.93. The molecule has 0 amide bonds. The highest BCUT2D eigenvalue weighted by Gasteiger charge is 2.25. The SMILES string of the molecule is NS(=O)(=O)N1CCC(Nc2ncc(Cl)cc2Cl)CC1. The highest BCUT2D eigenvalue weighted by atomic mass is 35.5. The smallest absolute Gasteiger partial charge is 0.276 e. The number of nitrogens with one attached hydrogen (secondary N) is 1. The monoisotopic (exact) mass is 324 g/mol. The Morgan fingerprint density at radius 3 is 2.53 bits per heavy atom. The number of pyridine rings is 1.